The quantitative estimate of drug-likeness (QED) is 0.755. The molecule has 0 fully saturated rings. The van der Waals surface area contributed by atoms with Crippen LogP contribution in [-0.2, 0) is 6.54 Å². The van der Waals surface area contributed by atoms with Gasteiger partial charge in [0.05, 0.1) is 12.8 Å². The largest absolute Gasteiger partial charge is 0.468 e. The molecule has 0 atom stereocenters. The Hall–Kier alpha value is -0.760. The highest BCUT2D eigenvalue weighted by Gasteiger charge is 2.15. The van der Waals surface area contributed by atoms with Gasteiger partial charge in [-0.05, 0) is 32.4 Å². The summed E-state index contributed by atoms with van der Waals surface area (Å²) in [5, 5.41) is 3.47. The predicted molar refractivity (Wildman–Crippen MR) is 54.5 cm³/mol. The summed E-state index contributed by atoms with van der Waals surface area (Å²) in [5.74, 6) is 1.00. The molecule has 0 unspecified atom stereocenters. The molecule has 74 valence electrons. The van der Waals surface area contributed by atoms with Crippen LogP contribution in [0, 0.1) is 0 Å². The van der Waals surface area contributed by atoms with Gasteiger partial charge in [0, 0.05) is 5.54 Å². The Kier molecular flexibility index (Phi) is 3.55. The van der Waals surface area contributed by atoms with E-state index in [1.54, 1.807) is 6.26 Å². The van der Waals surface area contributed by atoms with Gasteiger partial charge in [0.25, 0.3) is 0 Å². The molecule has 0 bridgehead atoms. The smallest absolute Gasteiger partial charge is 0.117 e. The maximum absolute atomic E-state index is 5.24. The van der Waals surface area contributed by atoms with Crippen molar-refractivity contribution in [2.75, 3.05) is 0 Å². The van der Waals surface area contributed by atoms with E-state index in [9.17, 15) is 0 Å². The number of hydrogen-bond donors (Lipinski definition) is 1. The van der Waals surface area contributed by atoms with E-state index < -0.39 is 0 Å². The molecule has 0 aliphatic heterocycles. The molecular formula is C11H19NO. The lowest BCUT2D eigenvalue weighted by molar-refractivity contribution is 0.338. The molecule has 0 radical (unpaired) electrons. The number of rotatable bonds is 5. The van der Waals surface area contributed by atoms with Crippen LogP contribution >= 0.6 is 0 Å². The minimum Gasteiger partial charge on any atom is -0.468 e. The molecule has 0 spiro atoms. The van der Waals surface area contributed by atoms with Crippen LogP contribution in [-0.4, -0.2) is 5.54 Å². The van der Waals surface area contributed by atoms with E-state index in [0.29, 0.717) is 0 Å². The Morgan fingerprint density at radius 3 is 2.77 bits per heavy atom. The first-order chi connectivity index (χ1) is 6.14. The molecule has 0 saturated carbocycles. The van der Waals surface area contributed by atoms with Crippen molar-refractivity contribution in [1.29, 1.82) is 0 Å². The van der Waals surface area contributed by atoms with Crippen LogP contribution in [0.3, 0.4) is 0 Å². The highest BCUT2D eigenvalue weighted by atomic mass is 16.3. The molecule has 0 amide bonds. The van der Waals surface area contributed by atoms with E-state index >= 15 is 0 Å². The summed E-state index contributed by atoms with van der Waals surface area (Å²) < 4.78 is 5.24. The second kappa shape index (κ2) is 4.47. The third kappa shape index (κ3) is 3.64. The fourth-order valence-electron chi connectivity index (χ4n) is 1.45. The maximum atomic E-state index is 5.24. The lowest BCUT2D eigenvalue weighted by atomic mass is 9.99. The van der Waals surface area contributed by atoms with E-state index in [-0.39, 0.29) is 5.54 Å². The average molecular weight is 181 g/mol. The monoisotopic (exact) mass is 181 g/mol. The maximum Gasteiger partial charge on any atom is 0.117 e. The normalized spacial score (nSPS) is 11.9. The van der Waals surface area contributed by atoms with Crippen molar-refractivity contribution in [2.24, 2.45) is 0 Å². The Balaban J connectivity index is 2.33. The van der Waals surface area contributed by atoms with Crippen molar-refractivity contribution in [3.05, 3.63) is 24.2 Å². The molecule has 1 N–H and O–H groups in total. The zero-order valence-corrected chi connectivity index (χ0v) is 8.76. The van der Waals surface area contributed by atoms with Crippen LogP contribution in [0.2, 0.25) is 0 Å². The van der Waals surface area contributed by atoms with Crippen LogP contribution in [0.15, 0.2) is 22.8 Å². The number of hydrogen-bond acceptors (Lipinski definition) is 2. The Morgan fingerprint density at radius 1 is 1.46 bits per heavy atom. The first kappa shape index (κ1) is 10.3. The van der Waals surface area contributed by atoms with E-state index in [0.717, 1.165) is 12.3 Å². The van der Waals surface area contributed by atoms with Gasteiger partial charge in [-0.15, -0.1) is 0 Å². The van der Waals surface area contributed by atoms with Crippen LogP contribution in [0.25, 0.3) is 0 Å². The first-order valence-electron chi connectivity index (χ1n) is 4.91. The summed E-state index contributed by atoms with van der Waals surface area (Å²) in [5.41, 5.74) is 0.210. The molecule has 1 heterocycles. The van der Waals surface area contributed by atoms with Crippen molar-refractivity contribution in [3.8, 4) is 0 Å². The minimum atomic E-state index is 0.210. The Bertz CT molecular complexity index is 226. The standard InChI is InChI=1S/C11H19NO/c1-4-7-11(2,3)12-9-10-6-5-8-13-10/h5-6,8,12H,4,7,9H2,1-3H3. The van der Waals surface area contributed by atoms with Crippen LogP contribution in [0.1, 0.15) is 39.4 Å². The molecule has 0 aliphatic rings. The van der Waals surface area contributed by atoms with Gasteiger partial charge in [-0.3, -0.25) is 0 Å². The van der Waals surface area contributed by atoms with E-state index in [1.165, 1.54) is 12.8 Å². The summed E-state index contributed by atoms with van der Waals surface area (Å²) in [7, 11) is 0. The average Bonchev–Trinajstić information content (AvgIpc) is 2.52. The van der Waals surface area contributed by atoms with Crippen LogP contribution in [0.4, 0.5) is 0 Å². The van der Waals surface area contributed by atoms with Gasteiger partial charge < -0.3 is 9.73 Å². The lowest BCUT2D eigenvalue weighted by Crippen LogP contribution is -2.38. The second-order valence-electron chi connectivity index (χ2n) is 4.07. The summed E-state index contributed by atoms with van der Waals surface area (Å²) >= 11 is 0. The molecule has 1 aromatic heterocycles. The van der Waals surface area contributed by atoms with Gasteiger partial charge in [0.1, 0.15) is 5.76 Å². The Labute approximate surface area is 80.3 Å². The zero-order valence-electron chi connectivity index (χ0n) is 8.76. The summed E-state index contributed by atoms with van der Waals surface area (Å²) in [6.45, 7) is 7.47. The van der Waals surface area contributed by atoms with Crippen LogP contribution in [0.5, 0.6) is 0 Å². The van der Waals surface area contributed by atoms with Crippen molar-refractivity contribution < 1.29 is 4.42 Å². The summed E-state index contributed by atoms with van der Waals surface area (Å²) in [6.07, 6.45) is 4.11. The third-order valence-corrected chi connectivity index (χ3v) is 2.20. The molecule has 0 saturated heterocycles. The molecular weight excluding hydrogens is 162 g/mol. The van der Waals surface area contributed by atoms with E-state index in [2.05, 4.69) is 26.1 Å². The molecule has 1 rings (SSSR count). The highest BCUT2D eigenvalue weighted by molar-refractivity contribution is 4.98. The van der Waals surface area contributed by atoms with Crippen molar-refractivity contribution in [2.45, 2.75) is 45.7 Å². The first-order valence-corrected chi connectivity index (χ1v) is 4.91. The molecule has 2 nitrogen and oxygen atoms in total. The topological polar surface area (TPSA) is 25.2 Å². The molecule has 13 heavy (non-hydrogen) atoms. The minimum absolute atomic E-state index is 0.210. The van der Waals surface area contributed by atoms with Crippen molar-refractivity contribution in [1.82, 2.24) is 5.32 Å². The van der Waals surface area contributed by atoms with Gasteiger partial charge in [-0.25, -0.2) is 0 Å². The molecule has 2 heteroatoms. The molecule has 1 aromatic rings. The summed E-state index contributed by atoms with van der Waals surface area (Å²) in [4.78, 5) is 0. The highest BCUT2D eigenvalue weighted by Crippen LogP contribution is 2.12. The number of nitrogens with one attached hydrogen (secondary N) is 1. The Morgan fingerprint density at radius 2 is 2.23 bits per heavy atom. The van der Waals surface area contributed by atoms with Crippen molar-refractivity contribution in [3.63, 3.8) is 0 Å². The molecule has 0 aromatic carbocycles. The van der Waals surface area contributed by atoms with Gasteiger partial charge in [-0.2, -0.15) is 0 Å². The predicted octanol–water partition coefficient (Wildman–Crippen LogP) is 2.95. The number of furan rings is 1. The summed E-state index contributed by atoms with van der Waals surface area (Å²) in [6, 6.07) is 3.92. The van der Waals surface area contributed by atoms with Crippen LogP contribution < -0.4 is 5.32 Å². The van der Waals surface area contributed by atoms with E-state index in [4.69, 9.17) is 4.42 Å². The fraction of sp³-hybridized carbons (Fsp3) is 0.636. The van der Waals surface area contributed by atoms with Gasteiger partial charge in [0.15, 0.2) is 0 Å². The zero-order chi connectivity index (χ0) is 9.73. The second-order valence-corrected chi connectivity index (χ2v) is 4.07. The van der Waals surface area contributed by atoms with Gasteiger partial charge >= 0.3 is 0 Å². The SMILES string of the molecule is CCCC(C)(C)NCc1ccco1. The van der Waals surface area contributed by atoms with E-state index in [1.807, 2.05) is 12.1 Å². The lowest BCUT2D eigenvalue weighted by Gasteiger charge is -2.25. The fourth-order valence-corrected chi connectivity index (χ4v) is 1.45. The third-order valence-electron chi connectivity index (χ3n) is 2.20. The molecule has 0 aliphatic carbocycles. The van der Waals surface area contributed by atoms with Gasteiger partial charge in [0.2, 0.25) is 0 Å². The van der Waals surface area contributed by atoms with Crippen molar-refractivity contribution >= 4 is 0 Å². The van der Waals surface area contributed by atoms with Gasteiger partial charge in [-0.1, -0.05) is 13.3 Å².